The lowest BCUT2D eigenvalue weighted by Crippen LogP contribution is -2.27. The van der Waals surface area contributed by atoms with Gasteiger partial charge in [0, 0.05) is 0 Å². The highest BCUT2D eigenvalue weighted by Crippen LogP contribution is 2.15. The Labute approximate surface area is 113 Å². The molecule has 0 amide bonds. The van der Waals surface area contributed by atoms with Crippen molar-refractivity contribution in [1.29, 1.82) is 0 Å². The predicted molar refractivity (Wildman–Crippen MR) is 81.1 cm³/mol. The second-order valence-electron chi connectivity index (χ2n) is 5.95. The summed E-state index contributed by atoms with van der Waals surface area (Å²) in [4.78, 5) is 0. The number of nitrogens with one attached hydrogen (secondary N) is 1. The van der Waals surface area contributed by atoms with Gasteiger partial charge in [-0.05, 0) is 61.9 Å². The first-order valence-corrected chi connectivity index (χ1v) is 7.29. The molecule has 0 radical (unpaired) electrons. The molecule has 0 aliphatic heterocycles. The van der Waals surface area contributed by atoms with Crippen molar-refractivity contribution in [2.24, 2.45) is 11.8 Å². The van der Waals surface area contributed by atoms with Crippen LogP contribution in [0.25, 0.3) is 0 Å². The van der Waals surface area contributed by atoms with Gasteiger partial charge in [-0.1, -0.05) is 45.4 Å². The molecule has 0 bridgehead atoms. The van der Waals surface area contributed by atoms with Crippen molar-refractivity contribution in [2.75, 3.05) is 13.1 Å². The molecule has 1 atom stereocenters. The highest BCUT2D eigenvalue weighted by atomic mass is 14.9. The Morgan fingerprint density at radius 1 is 1.06 bits per heavy atom. The summed E-state index contributed by atoms with van der Waals surface area (Å²) in [6, 6.07) is 6.88. The van der Waals surface area contributed by atoms with Crippen molar-refractivity contribution in [3.05, 3.63) is 34.9 Å². The minimum Gasteiger partial charge on any atom is -0.316 e. The molecule has 1 nitrogen and oxygen atoms in total. The van der Waals surface area contributed by atoms with Crippen LogP contribution < -0.4 is 5.32 Å². The van der Waals surface area contributed by atoms with E-state index in [2.05, 4.69) is 58.1 Å². The maximum Gasteiger partial charge on any atom is -0.00173 e. The van der Waals surface area contributed by atoms with Crippen molar-refractivity contribution in [2.45, 2.75) is 47.5 Å². The van der Waals surface area contributed by atoms with Crippen LogP contribution in [0.15, 0.2) is 18.2 Å². The van der Waals surface area contributed by atoms with Gasteiger partial charge in [0.25, 0.3) is 0 Å². The lowest BCUT2D eigenvalue weighted by Gasteiger charge is -2.17. The van der Waals surface area contributed by atoms with Crippen molar-refractivity contribution in [3.8, 4) is 0 Å². The molecule has 1 aromatic rings. The third kappa shape index (κ3) is 5.22. The molecule has 1 aromatic carbocycles. The lowest BCUT2D eigenvalue weighted by molar-refractivity contribution is 0.437. The van der Waals surface area contributed by atoms with Gasteiger partial charge >= 0.3 is 0 Å². The molecule has 0 heterocycles. The molecule has 0 saturated carbocycles. The summed E-state index contributed by atoms with van der Waals surface area (Å²) < 4.78 is 0. The molecule has 1 heteroatoms. The first kappa shape index (κ1) is 15.2. The monoisotopic (exact) mass is 247 g/mol. The molecule has 1 unspecified atom stereocenters. The van der Waals surface area contributed by atoms with Crippen molar-refractivity contribution in [3.63, 3.8) is 0 Å². The highest BCUT2D eigenvalue weighted by molar-refractivity contribution is 5.30. The summed E-state index contributed by atoms with van der Waals surface area (Å²) in [7, 11) is 0. The zero-order chi connectivity index (χ0) is 13.5. The van der Waals surface area contributed by atoms with Crippen molar-refractivity contribution in [1.82, 2.24) is 5.32 Å². The summed E-state index contributed by atoms with van der Waals surface area (Å²) in [6.07, 6.45) is 2.45. The molecule has 102 valence electrons. The van der Waals surface area contributed by atoms with Crippen LogP contribution in [0.5, 0.6) is 0 Å². The number of hydrogen-bond acceptors (Lipinski definition) is 1. The maximum atomic E-state index is 3.58. The average Bonchev–Trinajstić information content (AvgIpc) is 2.32. The van der Waals surface area contributed by atoms with Gasteiger partial charge in [-0.15, -0.1) is 0 Å². The van der Waals surface area contributed by atoms with E-state index in [1.54, 1.807) is 0 Å². The lowest BCUT2D eigenvalue weighted by atomic mass is 9.94. The van der Waals surface area contributed by atoms with Crippen LogP contribution in [0.3, 0.4) is 0 Å². The smallest absolute Gasteiger partial charge is 0.00173 e. The summed E-state index contributed by atoms with van der Waals surface area (Å²) in [6.45, 7) is 13.5. The fourth-order valence-corrected chi connectivity index (χ4v) is 2.20. The third-order valence-electron chi connectivity index (χ3n) is 3.66. The van der Waals surface area contributed by atoms with Gasteiger partial charge in [0.2, 0.25) is 0 Å². The van der Waals surface area contributed by atoms with Gasteiger partial charge in [-0.2, -0.15) is 0 Å². The zero-order valence-electron chi connectivity index (χ0n) is 12.7. The average molecular weight is 247 g/mol. The first-order valence-electron chi connectivity index (χ1n) is 7.29. The van der Waals surface area contributed by atoms with Crippen LogP contribution in [0.1, 0.15) is 43.9 Å². The molecular weight excluding hydrogens is 218 g/mol. The maximum absolute atomic E-state index is 3.58. The van der Waals surface area contributed by atoms with Crippen LogP contribution >= 0.6 is 0 Å². The summed E-state index contributed by atoms with van der Waals surface area (Å²) in [5, 5.41) is 3.58. The molecule has 0 aliphatic rings. The van der Waals surface area contributed by atoms with Crippen LogP contribution in [-0.4, -0.2) is 13.1 Å². The zero-order valence-corrected chi connectivity index (χ0v) is 12.7. The Morgan fingerprint density at radius 3 is 2.33 bits per heavy atom. The second-order valence-corrected chi connectivity index (χ2v) is 5.95. The molecule has 1 rings (SSSR count). The SMILES string of the molecule is CCC(CNCC(C)C)Cc1ccc(C)c(C)c1. The van der Waals surface area contributed by atoms with Crippen molar-refractivity contribution >= 4 is 0 Å². The Morgan fingerprint density at radius 2 is 1.78 bits per heavy atom. The van der Waals surface area contributed by atoms with Gasteiger partial charge in [0.1, 0.15) is 0 Å². The van der Waals surface area contributed by atoms with Crippen LogP contribution in [0.4, 0.5) is 0 Å². The van der Waals surface area contributed by atoms with Crippen LogP contribution in [0, 0.1) is 25.7 Å². The standard InChI is InChI=1S/C17H29N/c1-6-16(12-18-11-13(2)3)10-17-8-7-14(4)15(5)9-17/h7-9,13,16,18H,6,10-12H2,1-5H3. The van der Waals surface area contributed by atoms with E-state index in [-0.39, 0.29) is 0 Å². The van der Waals surface area contributed by atoms with Gasteiger partial charge in [0.15, 0.2) is 0 Å². The summed E-state index contributed by atoms with van der Waals surface area (Å²) in [5.74, 6) is 1.50. The number of hydrogen-bond donors (Lipinski definition) is 1. The number of benzene rings is 1. The molecular formula is C17H29N. The summed E-state index contributed by atoms with van der Waals surface area (Å²) in [5.41, 5.74) is 4.29. The Bertz CT molecular complexity index is 355. The van der Waals surface area contributed by atoms with E-state index < -0.39 is 0 Å². The quantitative estimate of drug-likeness (QED) is 0.764. The normalized spacial score (nSPS) is 13.0. The van der Waals surface area contributed by atoms with E-state index in [0.717, 1.165) is 24.9 Å². The Balaban J connectivity index is 2.49. The predicted octanol–water partition coefficient (Wildman–Crippen LogP) is 4.12. The highest BCUT2D eigenvalue weighted by Gasteiger charge is 2.08. The topological polar surface area (TPSA) is 12.0 Å². The fraction of sp³-hybridized carbons (Fsp3) is 0.647. The van der Waals surface area contributed by atoms with E-state index in [0.29, 0.717) is 0 Å². The van der Waals surface area contributed by atoms with Gasteiger partial charge in [-0.25, -0.2) is 0 Å². The molecule has 0 aromatic heterocycles. The molecule has 0 spiro atoms. The summed E-state index contributed by atoms with van der Waals surface area (Å²) >= 11 is 0. The number of rotatable bonds is 7. The van der Waals surface area contributed by atoms with E-state index in [1.807, 2.05) is 0 Å². The Kier molecular flexibility index (Phi) is 6.42. The largest absolute Gasteiger partial charge is 0.316 e. The Hall–Kier alpha value is -0.820. The second kappa shape index (κ2) is 7.58. The van der Waals surface area contributed by atoms with Gasteiger partial charge in [-0.3, -0.25) is 0 Å². The third-order valence-corrected chi connectivity index (χ3v) is 3.66. The van der Waals surface area contributed by atoms with Crippen molar-refractivity contribution < 1.29 is 0 Å². The van der Waals surface area contributed by atoms with E-state index in [9.17, 15) is 0 Å². The van der Waals surface area contributed by atoms with Crippen LogP contribution in [0.2, 0.25) is 0 Å². The van der Waals surface area contributed by atoms with E-state index >= 15 is 0 Å². The first-order chi connectivity index (χ1) is 8.52. The molecule has 1 N–H and O–H groups in total. The molecule has 18 heavy (non-hydrogen) atoms. The minimum absolute atomic E-state index is 0.740. The molecule has 0 aliphatic carbocycles. The molecule has 0 fully saturated rings. The number of aryl methyl sites for hydroxylation is 2. The molecule has 0 saturated heterocycles. The van der Waals surface area contributed by atoms with Gasteiger partial charge < -0.3 is 5.32 Å². The van der Waals surface area contributed by atoms with Gasteiger partial charge in [0.05, 0.1) is 0 Å². The van der Waals surface area contributed by atoms with E-state index in [1.165, 1.54) is 29.5 Å². The minimum atomic E-state index is 0.740. The van der Waals surface area contributed by atoms with Crippen LogP contribution in [-0.2, 0) is 6.42 Å². The van der Waals surface area contributed by atoms with E-state index in [4.69, 9.17) is 0 Å². The fourth-order valence-electron chi connectivity index (χ4n) is 2.20.